The van der Waals surface area contributed by atoms with Crippen LogP contribution in [0.15, 0.2) is 6.07 Å². The molecule has 1 N–H and O–H groups in total. The van der Waals surface area contributed by atoms with Crippen molar-refractivity contribution >= 4 is 5.69 Å². The molecule has 92 valence electrons. The Balaban J connectivity index is 2.86. The topological polar surface area (TPSA) is 57.9 Å². The van der Waals surface area contributed by atoms with Gasteiger partial charge in [0, 0.05) is 25.5 Å². The largest absolute Gasteiger partial charge is 0.385 e. The number of nitrogens with zero attached hydrogens (tertiary/aromatic N) is 2. The minimum atomic E-state index is 0.267. The number of hydrogen-bond acceptors (Lipinski definition) is 4. The van der Waals surface area contributed by atoms with E-state index in [0.717, 1.165) is 23.5 Å². The fourth-order valence-corrected chi connectivity index (χ4v) is 1.72. The summed E-state index contributed by atoms with van der Waals surface area (Å²) in [5.74, 6) is 0. The predicted octanol–water partition coefficient (Wildman–Crippen LogP) is 2.41. The van der Waals surface area contributed by atoms with Crippen molar-refractivity contribution in [2.75, 3.05) is 19.0 Å². The molecule has 4 nitrogen and oxygen atoms in total. The van der Waals surface area contributed by atoms with Crippen LogP contribution in [0.1, 0.15) is 30.3 Å². The highest BCUT2D eigenvalue weighted by Gasteiger charge is 2.10. The molecule has 1 aromatic rings. The monoisotopic (exact) mass is 233 g/mol. The Hall–Kier alpha value is -1.60. The number of hydrogen-bond donors (Lipinski definition) is 1. The molecule has 0 aromatic carbocycles. The predicted molar refractivity (Wildman–Crippen MR) is 68.0 cm³/mol. The molecular formula is C13H19N3O. The van der Waals surface area contributed by atoms with Gasteiger partial charge in [0.05, 0.1) is 16.9 Å². The van der Waals surface area contributed by atoms with Gasteiger partial charge in [-0.05, 0) is 33.3 Å². The summed E-state index contributed by atoms with van der Waals surface area (Å²) < 4.78 is 5.04. The average Bonchev–Trinajstić information content (AvgIpc) is 2.25. The van der Waals surface area contributed by atoms with Crippen molar-refractivity contribution in [3.05, 3.63) is 23.0 Å². The Labute approximate surface area is 103 Å². The maximum atomic E-state index is 9.12. The average molecular weight is 233 g/mol. The van der Waals surface area contributed by atoms with E-state index >= 15 is 0 Å². The minimum absolute atomic E-state index is 0.267. The highest BCUT2D eigenvalue weighted by molar-refractivity contribution is 5.60. The second-order valence-electron chi connectivity index (χ2n) is 4.21. The van der Waals surface area contributed by atoms with Gasteiger partial charge in [-0.25, -0.2) is 0 Å². The van der Waals surface area contributed by atoms with E-state index in [1.165, 1.54) is 0 Å². The summed E-state index contributed by atoms with van der Waals surface area (Å²) >= 11 is 0. The van der Waals surface area contributed by atoms with Crippen LogP contribution in [0.3, 0.4) is 0 Å². The Morgan fingerprint density at radius 2 is 2.24 bits per heavy atom. The number of anilines is 1. The summed E-state index contributed by atoms with van der Waals surface area (Å²) in [5.41, 5.74) is 3.18. The lowest BCUT2D eigenvalue weighted by Crippen LogP contribution is -2.18. The van der Waals surface area contributed by atoms with E-state index in [4.69, 9.17) is 10.00 Å². The van der Waals surface area contributed by atoms with E-state index < -0.39 is 0 Å². The first kappa shape index (κ1) is 13.5. The van der Waals surface area contributed by atoms with Crippen LogP contribution >= 0.6 is 0 Å². The van der Waals surface area contributed by atoms with Crippen molar-refractivity contribution in [1.29, 1.82) is 5.26 Å². The molecule has 0 saturated heterocycles. The summed E-state index contributed by atoms with van der Waals surface area (Å²) in [6.07, 6.45) is 0.905. The van der Waals surface area contributed by atoms with Crippen molar-refractivity contribution in [2.45, 2.75) is 33.2 Å². The first-order chi connectivity index (χ1) is 8.08. The minimum Gasteiger partial charge on any atom is -0.385 e. The van der Waals surface area contributed by atoms with Crippen LogP contribution in [-0.4, -0.2) is 24.7 Å². The molecule has 0 radical (unpaired) electrons. The van der Waals surface area contributed by atoms with Crippen molar-refractivity contribution in [3.63, 3.8) is 0 Å². The Morgan fingerprint density at radius 3 is 2.82 bits per heavy atom. The summed E-state index contributed by atoms with van der Waals surface area (Å²) in [6.45, 7) is 6.57. The summed E-state index contributed by atoms with van der Waals surface area (Å²) in [5, 5.41) is 12.5. The Morgan fingerprint density at radius 1 is 1.53 bits per heavy atom. The van der Waals surface area contributed by atoms with Gasteiger partial charge in [0.1, 0.15) is 6.07 Å². The smallest absolute Gasteiger partial charge is 0.103 e. The summed E-state index contributed by atoms with van der Waals surface area (Å²) in [4.78, 5) is 4.29. The van der Waals surface area contributed by atoms with Crippen LogP contribution in [0.4, 0.5) is 5.69 Å². The molecule has 0 saturated carbocycles. The Bertz CT molecular complexity index is 423. The van der Waals surface area contributed by atoms with E-state index in [2.05, 4.69) is 23.3 Å². The van der Waals surface area contributed by atoms with E-state index in [9.17, 15) is 0 Å². The highest BCUT2D eigenvalue weighted by Crippen LogP contribution is 2.20. The molecule has 0 aliphatic heterocycles. The van der Waals surface area contributed by atoms with E-state index in [1.54, 1.807) is 7.11 Å². The first-order valence-electron chi connectivity index (χ1n) is 5.72. The fraction of sp³-hybridized carbons (Fsp3) is 0.538. The van der Waals surface area contributed by atoms with Gasteiger partial charge in [-0.1, -0.05) is 0 Å². The van der Waals surface area contributed by atoms with Gasteiger partial charge in [0.25, 0.3) is 0 Å². The van der Waals surface area contributed by atoms with Gasteiger partial charge in [-0.2, -0.15) is 5.26 Å². The molecule has 0 amide bonds. The maximum Gasteiger partial charge on any atom is 0.103 e. The number of nitriles is 1. The molecule has 1 heterocycles. The summed E-state index contributed by atoms with van der Waals surface area (Å²) in [7, 11) is 1.69. The molecule has 0 bridgehead atoms. The molecule has 0 fully saturated rings. The molecule has 17 heavy (non-hydrogen) atoms. The van der Waals surface area contributed by atoms with Crippen LogP contribution in [0.25, 0.3) is 0 Å². The number of aryl methyl sites for hydroxylation is 2. The third kappa shape index (κ3) is 3.72. The van der Waals surface area contributed by atoms with E-state index in [0.29, 0.717) is 12.2 Å². The van der Waals surface area contributed by atoms with Crippen LogP contribution < -0.4 is 5.32 Å². The highest BCUT2D eigenvalue weighted by atomic mass is 16.5. The van der Waals surface area contributed by atoms with Gasteiger partial charge in [-0.15, -0.1) is 0 Å². The molecular weight excluding hydrogens is 214 g/mol. The zero-order chi connectivity index (χ0) is 12.8. The molecule has 0 aliphatic rings. The lowest BCUT2D eigenvalue weighted by atomic mass is 10.1. The number of aromatic nitrogens is 1. The molecule has 1 rings (SSSR count). The molecule has 0 spiro atoms. The first-order valence-corrected chi connectivity index (χ1v) is 5.72. The number of pyridine rings is 1. The molecule has 1 unspecified atom stereocenters. The van der Waals surface area contributed by atoms with Crippen LogP contribution in [0.2, 0.25) is 0 Å². The second-order valence-corrected chi connectivity index (χ2v) is 4.21. The van der Waals surface area contributed by atoms with Crippen molar-refractivity contribution in [2.24, 2.45) is 0 Å². The third-order valence-corrected chi connectivity index (χ3v) is 2.60. The van der Waals surface area contributed by atoms with Crippen molar-refractivity contribution in [1.82, 2.24) is 4.98 Å². The molecule has 0 aliphatic carbocycles. The second kappa shape index (κ2) is 6.21. The zero-order valence-electron chi connectivity index (χ0n) is 10.9. The normalized spacial score (nSPS) is 11.9. The van der Waals surface area contributed by atoms with E-state index in [1.807, 2.05) is 19.9 Å². The van der Waals surface area contributed by atoms with Gasteiger partial charge in [-0.3, -0.25) is 4.98 Å². The number of methoxy groups -OCH3 is 1. The van der Waals surface area contributed by atoms with Gasteiger partial charge in [0.2, 0.25) is 0 Å². The number of nitrogens with one attached hydrogen (secondary N) is 1. The maximum absolute atomic E-state index is 9.12. The van der Waals surface area contributed by atoms with Crippen LogP contribution in [0, 0.1) is 25.2 Å². The number of ether oxygens (including phenoxy) is 1. The van der Waals surface area contributed by atoms with Crippen LogP contribution in [0.5, 0.6) is 0 Å². The SMILES string of the molecule is COCCC(C)Nc1cc(C)nc(C)c1C#N. The van der Waals surface area contributed by atoms with Gasteiger partial charge < -0.3 is 10.1 Å². The third-order valence-electron chi connectivity index (χ3n) is 2.60. The van der Waals surface area contributed by atoms with Gasteiger partial charge in [0.15, 0.2) is 0 Å². The Kier molecular flexibility index (Phi) is 4.92. The van der Waals surface area contributed by atoms with Crippen LogP contribution in [-0.2, 0) is 4.74 Å². The van der Waals surface area contributed by atoms with Gasteiger partial charge >= 0.3 is 0 Å². The molecule has 1 aromatic heterocycles. The quantitative estimate of drug-likeness (QED) is 0.848. The lowest BCUT2D eigenvalue weighted by molar-refractivity contribution is 0.191. The fourth-order valence-electron chi connectivity index (χ4n) is 1.72. The van der Waals surface area contributed by atoms with Crippen molar-refractivity contribution < 1.29 is 4.74 Å². The standard InChI is InChI=1S/C13H19N3O/c1-9(5-6-17-4)16-13-7-10(2)15-11(3)12(13)8-14/h7,9H,5-6H2,1-4H3,(H,15,16). The summed E-state index contributed by atoms with van der Waals surface area (Å²) in [6, 6.07) is 4.37. The number of rotatable bonds is 5. The molecule has 1 atom stereocenters. The molecule has 4 heteroatoms. The van der Waals surface area contributed by atoms with Crippen molar-refractivity contribution in [3.8, 4) is 6.07 Å². The lowest BCUT2D eigenvalue weighted by Gasteiger charge is -2.17. The zero-order valence-corrected chi connectivity index (χ0v) is 10.9. The van der Waals surface area contributed by atoms with E-state index in [-0.39, 0.29) is 6.04 Å².